The molecule has 2 amide bonds. The molecule has 3 aromatic rings. The van der Waals surface area contributed by atoms with E-state index in [9.17, 15) is 14.4 Å². The summed E-state index contributed by atoms with van der Waals surface area (Å²) >= 11 is 0. The minimum atomic E-state index is -0.214. The zero-order chi connectivity index (χ0) is 31.9. The lowest BCUT2D eigenvalue weighted by Crippen LogP contribution is -2.28. The Morgan fingerprint density at radius 1 is 0.956 bits per heavy atom. The summed E-state index contributed by atoms with van der Waals surface area (Å²) in [6, 6.07) is 13.7. The van der Waals surface area contributed by atoms with Crippen LogP contribution in [0, 0.1) is 11.8 Å². The summed E-state index contributed by atoms with van der Waals surface area (Å²) in [6.07, 6.45) is 9.59. The van der Waals surface area contributed by atoms with Gasteiger partial charge >= 0.3 is 0 Å². The molecule has 242 valence electrons. The van der Waals surface area contributed by atoms with Crippen LogP contribution in [0.2, 0.25) is 0 Å². The second-order valence-electron chi connectivity index (χ2n) is 13.5. The van der Waals surface area contributed by atoms with Crippen LogP contribution in [0.5, 0.6) is 0 Å². The van der Waals surface area contributed by atoms with Gasteiger partial charge in [0, 0.05) is 63.2 Å². The maximum Gasteiger partial charge on any atom is 0.257 e. The summed E-state index contributed by atoms with van der Waals surface area (Å²) in [6.45, 7) is 3.41. The first-order valence-electron chi connectivity index (χ1n) is 16.7. The van der Waals surface area contributed by atoms with Crippen LogP contribution >= 0.6 is 0 Å². The van der Waals surface area contributed by atoms with Gasteiger partial charge in [0.15, 0.2) is 0 Å². The number of likely N-dealkylation sites (N-methyl/N-ethyl adjacent to an activating group) is 2. The van der Waals surface area contributed by atoms with Crippen molar-refractivity contribution in [3.8, 4) is 0 Å². The number of anilines is 2. The largest absolute Gasteiger partial charge is 0.315 e. The number of imidazole rings is 1. The van der Waals surface area contributed by atoms with E-state index in [0.29, 0.717) is 42.6 Å². The molecule has 0 bridgehead atoms. The molecule has 1 atom stereocenters. The molecule has 9 nitrogen and oxygen atoms in total. The molecular weight excluding hydrogens is 564 g/mol. The van der Waals surface area contributed by atoms with Crippen LogP contribution in [0.15, 0.2) is 42.5 Å². The van der Waals surface area contributed by atoms with Gasteiger partial charge in [0.1, 0.15) is 5.78 Å². The van der Waals surface area contributed by atoms with Crippen molar-refractivity contribution in [2.75, 3.05) is 51.5 Å². The number of hydrogen-bond acceptors (Lipinski definition) is 6. The number of nitrogens with one attached hydrogen (secondary N) is 1. The summed E-state index contributed by atoms with van der Waals surface area (Å²) in [4.78, 5) is 49.8. The fourth-order valence-corrected chi connectivity index (χ4v) is 6.78. The smallest absolute Gasteiger partial charge is 0.257 e. The third-order valence-electron chi connectivity index (χ3n) is 9.62. The Morgan fingerprint density at radius 3 is 2.40 bits per heavy atom. The third kappa shape index (κ3) is 8.58. The molecule has 2 aliphatic rings. The molecule has 1 N–H and O–H groups in total. The fraction of sp³-hybridized carbons (Fsp3) is 0.556. The van der Waals surface area contributed by atoms with Crippen LogP contribution in [0.3, 0.4) is 0 Å². The van der Waals surface area contributed by atoms with E-state index in [1.165, 1.54) is 12.8 Å². The zero-order valence-corrected chi connectivity index (χ0v) is 27.6. The van der Waals surface area contributed by atoms with Gasteiger partial charge in [-0.15, -0.1) is 0 Å². The number of ketones is 1. The highest BCUT2D eigenvalue weighted by molar-refractivity contribution is 6.04. The van der Waals surface area contributed by atoms with Gasteiger partial charge in [-0.25, -0.2) is 4.98 Å². The molecule has 0 saturated heterocycles. The lowest BCUT2D eigenvalue weighted by molar-refractivity contribution is -0.121. The molecule has 2 saturated carbocycles. The number of fused-ring (bicyclic) bond motifs is 1. The van der Waals surface area contributed by atoms with E-state index in [1.54, 1.807) is 4.90 Å². The van der Waals surface area contributed by atoms with E-state index in [1.807, 2.05) is 54.1 Å². The predicted octanol–water partition coefficient (Wildman–Crippen LogP) is 5.97. The lowest BCUT2D eigenvalue weighted by Gasteiger charge is -2.19. The average molecular weight is 615 g/mol. The van der Waals surface area contributed by atoms with Crippen LogP contribution < -0.4 is 10.2 Å². The fourth-order valence-electron chi connectivity index (χ4n) is 6.78. The highest BCUT2D eigenvalue weighted by Gasteiger charge is 2.25. The van der Waals surface area contributed by atoms with E-state index in [-0.39, 0.29) is 17.7 Å². The Morgan fingerprint density at radius 2 is 1.71 bits per heavy atom. The van der Waals surface area contributed by atoms with Crippen LogP contribution in [0.25, 0.3) is 11.0 Å². The van der Waals surface area contributed by atoms with Crippen LogP contribution in [0.4, 0.5) is 11.6 Å². The number of aryl methyl sites for hydroxylation is 1. The Balaban J connectivity index is 1.31. The van der Waals surface area contributed by atoms with Crippen molar-refractivity contribution in [1.29, 1.82) is 0 Å². The molecule has 2 aromatic carbocycles. The quantitative estimate of drug-likeness (QED) is 0.241. The highest BCUT2D eigenvalue weighted by atomic mass is 16.2. The molecule has 9 heteroatoms. The van der Waals surface area contributed by atoms with Crippen molar-refractivity contribution in [3.63, 3.8) is 0 Å². The molecule has 2 aliphatic carbocycles. The molecule has 0 radical (unpaired) electrons. The van der Waals surface area contributed by atoms with Crippen molar-refractivity contribution < 1.29 is 14.4 Å². The second-order valence-corrected chi connectivity index (χ2v) is 13.5. The van der Waals surface area contributed by atoms with Crippen molar-refractivity contribution >= 4 is 40.3 Å². The number of hydrogen-bond donors (Lipinski definition) is 1. The van der Waals surface area contributed by atoms with Gasteiger partial charge in [0.25, 0.3) is 5.91 Å². The molecular formula is C36H50N6O3. The van der Waals surface area contributed by atoms with E-state index >= 15 is 0 Å². The first kappa shape index (κ1) is 32.8. The van der Waals surface area contributed by atoms with E-state index in [2.05, 4.69) is 36.3 Å². The normalized spacial score (nSPS) is 17.2. The minimum absolute atomic E-state index is 0.128. The van der Waals surface area contributed by atoms with Gasteiger partial charge in [-0.2, -0.15) is 0 Å². The highest BCUT2D eigenvalue weighted by Crippen LogP contribution is 2.31. The number of benzene rings is 2. The van der Waals surface area contributed by atoms with E-state index in [4.69, 9.17) is 4.98 Å². The molecule has 1 unspecified atom stereocenters. The number of Topliss-reactive ketones (excluding diaryl/α,β-unsaturated/α-hetero) is 1. The Kier molecular flexibility index (Phi) is 11.0. The van der Waals surface area contributed by atoms with Crippen molar-refractivity contribution in [2.45, 2.75) is 77.3 Å². The summed E-state index contributed by atoms with van der Waals surface area (Å²) in [7, 11) is 8.08. The number of aromatic nitrogens is 2. The molecule has 2 fully saturated rings. The topological polar surface area (TPSA) is 90.8 Å². The summed E-state index contributed by atoms with van der Waals surface area (Å²) in [5.74, 6) is 1.40. The molecule has 1 aromatic heterocycles. The minimum Gasteiger partial charge on any atom is -0.315 e. The van der Waals surface area contributed by atoms with Crippen molar-refractivity contribution in [1.82, 2.24) is 19.4 Å². The number of amides is 2. The Hall–Kier alpha value is -3.56. The third-order valence-corrected chi connectivity index (χ3v) is 9.62. The van der Waals surface area contributed by atoms with Gasteiger partial charge in [0.05, 0.1) is 11.0 Å². The Labute approximate surface area is 268 Å². The molecule has 1 heterocycles. The van der Waals surface area contributed by atoms with E-state index in [0.717, 1.165) is 80.4 Å². The number of rotatable bonds is 14. The summed E-state index contributed by atoms with van der Waals surface area (Å²) in [5.41, 5.74) is 4.16. The van der Waals surface area contributed by atoms with Gasteiger partial charge in [-0.1, -0.05) is 25.0 Å². The standard InChI is InChI=1S/C36H50N6O3/c1-39(2)21-22-40(3)25-27-14-16-29(17-15-27)35(45)38-36-37-31-24-30(41(4)34(44)23-26-9-5-6-10-26)18-19-32(31)42(36)20-8-12-28-11-7-13-33(28)43/h14-19,24,26,28H,5-13,20-23,25H2,1-4H3,(H,37,38,45). The molecule has 5 rings (SSSR count). The summed E-state index contributed by atoms with van der Waals surface area (Å²) < 4.78 is 2.05. The Bertz CT molecular complexity index is 1470. The monoisotopic (exact) mass is 614 g/mol. The summed E-state index contributed by atoms with van der Waals surface area (Å²) in [5, 5.41) is 3.07. The van der Waals surface area contributed by atoms with E-state index < -0.39 is 0 Å². The van der Waals surface area contributed by atoms with Gasteiger partial charge in [0.2, 0.25) is 11.9 Å². The van der Waals surface area contributed by atoms with Crippen molar-refractivity contribution in [2.24, 2.45) is 11.8 Å². The van der Waals surface area contributed by atoms with Gasteiger partial charge in [-0.3, -0.25) is 19.7 Å². The van der Waals surface area contributed by atoms with Gasteiger partial charge < -0.3 is 19.3 Å². The number of carbonyl (C=O) groups is 3. The van der Waals surface area contributed by atoms with Crippen molar-refractivity contribution in [3.05, 3.63) is 53.6 Å². The average Bonchev–Trinajstić information content (AvgIpc) is 3.76. The predicted molar refractivity (Wildman–Crippen MR) is 181 cm³/mol. The molecule has 0 spiro atoms. The first-order chi connectivity index (χ1) is 21.7. The zero-order valence-electron chi connectivity index (χ0n) is 27.6. The molecule has 0 aliphatic heterocycles. The number of nitrogens with zero attached hydrogens (tertiary/aromatic N) is 5. The van der Waals surface area contributed by atoms with Gasteiger partial charge in [-0.05, 0) is 101 Å². The molecule has 45 heavy (non-hydrogen) atoms. The lowest BCUT2D eigenvalue weighted by atomic mass is 10.0. The second kappa shape index (κ2) is 15.1. The first-order valence-corrected chi connectivity index (χ1v) is 16.7. The van der Waals surface area contributed by atoms with Crippen LogP contribution in [0.1, 0.15) is 80.1 Å². The maximum absolute atomic E-state index is 13.4. The maximum atomic E-state index is 13.4. The van der Waals surface area contributed by atoms with Crippen LogP contribution in [-0.2, 0) is 22.7 Å². The SMILES string of the molecule is CN(C)CCN(C)Cc1ccc(C(=O)Nc2nc3cc(N(C)C(=O)CC4CCCC4)ccc3n2CCCC2CCCC2=O)cc1. The number of carbonyl (C=O) groups excluding carboxylic acids is 3. The van der Waals surface area contributed by atoms with Crippen LogP contribution in [-0.4, -0.2) is 78.2 Å².